The SMILES string of the molecule is CCCNS(=O)(=O)c1cccs1. The fourth-order valence-electron chi connectivity index (χ4n) is 0.724. The lowest BCUT2D eigenvalue weighted by atomic mass is 10.5. The minimum Gasteiger partial charge on any atom is -0.210 e. The van der Waals surface area contributed by atoms with Crippen LogP contribution in [0.15, 0.2) is 21.7 Å². The zero-order valence-electron chi connectivity index (χ0n) is 6.78. The minimum absolute atomic E-state index is 0.385. The maximum absolute atomic E-state index is 11.4. The summed E-state index contributed by atoms with van der Waals surface area (Å²) in [5.74, 6) is 0. The summed E-state index contributed by atoms with van der Waals surface area (Å²) in [6.07, 6.45) is 0.810. The highest BCUT2D eigenvalue weighted by Gasteiger charge is 2.12. The zero-order chi connectivity index (χ0) is 9.03. The van der Waals surface area contributed by atoms with Gasteiger partial charge in [0.15, 0.2) is 0 Å². The van der Waals surface area contributed by atoms with Crippen LogP contribution in [0.25, 0.3) is 0 Å². The molecule has 0 aliphatic rings. The minimum atomic E-state index is -3.21. The molecule has 0 radical (unpaired) electrons. The van der Waals surface area contributed by atoms with Crippen molar-refractivity contribution in [3.63, 3.8) is 0 Å². The molecule has 0 spiro atoms. The summed E-state index contributed by atoms with van der Waals surface area (Å²) in [6.45, 7) is 2.43. The topological polar surface area (TPSA) is 46.2 Å². The van der Waals surface area contributed by atoms with Crippen LogP contribution in [0, 0.1) is 0 Å². The highest BCUT2D eigenvalue weighted by atomic mass is 32.2. The second-order valence-electron chi connectivity index (χ2n) is 2.33. The lowest BCUT2D eigenvalue weighted by Crippen LogP contribution is -2.23. The summed E-state index contributed by atoms with van der Waals surface area (Å²) < 4.78 is 25.6. The monoisotopic (exact) mass is 205 g/mol. The Morgan fingerprint density at radius 2 is 2.33 bits per heavy atom. The molecule has 12 heavy (non-hydrogen) atoms. The van der Waals surface area contributed by atoms with E-state index in [9.17, 15) is 8.42 Å². The molecular weight excluding hydrogens is 194 g/mol. The molecule has 0 saturated carbocycles. The lowest BCUT2D eigenvalue weighted by Gasteiger charge is -2.01. The fraction of sp³-hybridized carbons (Fsp3) is 0.429. The van der Waals surface area contributed by atoms with Crippen LogP contribution in [0.4, 0.5) is 0 Å². The van der Waals surface area contributed by atoms with Crippen molar-refractivity contribution in [3.05, 3.63) is 17.5 Å². The van der Waals surface area contributed by atoms with Crippen molar-refractivity contribution in [3.8, 4) is 0 Å². The van der Waals surface area contributed by atoms with Crippen LogP contribution >= 0.6 is 11.3 Å². The average Bonchev–Trinajstić information content (AvgIpc) is 2.53. The third kappa shape index (κ3) is 2.30. The van der Waals surface area contributed by atoms with Crippen LogP contribution < -0.4 is 4.72 Å². The Kier molecular flexibility index (Phi) is 3.25. The van der Waals surface area contributed by atoms with Crippen LogP contribution in [0.1, 0.15) is 13.3 Å². The van der Waals surface area contributed by atoms with Gasteiger partial charge in [-0.3, -0.25) is 0 Å². The fourth-order valence-corrected chi connectivity index (χ4v) is 2.90. The van der Waals surface area contributed by atoms with Gasteiger partial charge in [-0.2, -0.15) is 0 Å². The van der Waals surface area contributed by atoms with Crippen molar-refractivity contribution < 1.29 is 8.42 Å². The molecule has 3 nitrogen and oxygen atoms in total. The molecule has 0 unspecified atom stereocenters. The Bertz CT molecular complexity index is 315. The molecule has 0 aliphatic carbocycles. The van der Waals surface area contributed by atoms with Gasteiger partial charge in [-0.15, -0.1) is 11.3 Å². The van der Waals surface area contributed by atoms with Gasteiger partial charge in [0.1, 0.15) is 4.21 Å². The zero-order valence-corrected chi connectivity index (χ0v) is 8.41. The van der Waals surface area contributed by atoms with Crippen LogP contribution in [0.2, 0.25) is 0 Å². The molecule has 0 aliphatic heterocycles. The van der Waals surface area contributed by atoms with Crippen molar-refractivity contribution in [2.24, 2.45) is 0 Å². The van der Waals surface area contributed by atoms with Crippen molar-refractivity contribution in [1.29, 1.82) is 0 Å². The molecule has 0 aromatic carbocycles. The molecule has 1 aromatic rings. The van der Waals surface area contributed by atoms with Crippen molar-refractivity contribution >= 4 is 21.4 Å². The second-order valence-corrected chi connectivity index (χ2v) is 5.27. The quantitative estimate of drug-likeness (QED) is 0.808. The van der Waals surface area contributed by atoms with Gasteiger partial charge in [0.2, 0.25) is 10.0 Å². The maximum Gasteiger partial charge on any atom is 0.250 e. The van der Waals surface area contributed by atoms with Crippen LogP contribution in [-0.4, -0.2) is 15.0 Å². The van der Waals surface area contributed by atoms with E-state index in [0.717, 1.165) is 6.42 Å². The van der Waals surface area contributed by atoms with E-state index < -0.39 is 10.0 Å². The molecule has 5 heteroatoms. The Hall–Kier alpha value is -0.390. The number of sulfonamides is 1. The van der Waals surface area contributed by atoms with Gasteiger partial charge in [-0.05, 0) is 17.9 Å². The van der Waals surface area contributed by atoms with Gasteiger partial charge >= 0.3 is 0 Å². The summed E-state index contributed by atoms with van der Waals surface area (Å²) in [6, 6.07) is 3.33. The molecule has 1 heterocycles. The van der Waals surface area contributed by atoms with Crippen molar-refractivity contribution in [1.82, 2.24) is 4.72 Å². The first-order chi connectivity index (χ1) is 5.67. The van der Waals surface area contributed by atoms with Gasteiger partial charge in [0.05, 0.1) is 0 Å². The van der Waals surface area contributed by atoms with E-state index in [4.69, 9.17) is 0 Å². The van der Waals surface area contributed by atoms with Crippen LogP contribution in [-0.2, 0) is 10.0 Å². The normalized spacial score (nSPS) is 11.8. The Morgan fingerprint density at radius 1 is 1.58 bits per heavy atom. The third-order valence-electron chi connectivity index (χ3n) is 1.30. The molecule has 0 bridgehead atoms. The number of thiophene rings is 1. The van der Waals surface area contributed by atoms with Gasteiger partial charge in [-0.25, -0.2) is 13.1 Å². The molecule has 0 amide bonds. The van der Waals surface area contributed by atoms with E-state index in [1.54, 1.807) is 17.5 Å². The maximum atomic E-state index is 11.4. The Balaban J connectivity index is 2.74. The molecule has 0 atom stereocenters. The Labute approximate surface area is 76.5 Å². The first-order valence-corrected chi connectivity index (χ1v) is 6.06. The van der Waals surface area contributed by atoms with Crippen LogP contribution in [0.5, 0.6) is 0 Å². The standard InChI is InChI=1S/C7H11NO2S2/c1-2-5-8-12(9,10)7-4-3-6-11-7/h3-4,6,8H,2,5H2,1H3. The molecule has 1 aromatic heterocycles. The third-order valence-corrected chi connectivity index (χ3v) is 4.16. The smallest absolute Gasteiger partial charge is 0.210 e. The number of nitrogens with one attached hydrogen (secondary N) is 1. The molecule has 1 rings (SSSR count). The first-order valence-electron chi connectivity index (χ1n) is 3.70. The second kappa shape index (κ2) is 4.02. The van der Waals surface area contributed by atoms with Gasteiger partial charge < -0.3 is 0 Å². The van der Waals surface area contributed by atoms with Crippen molar-refractivity contribution in [2.45, 2.75) is 17.6 Å². The summed E-state index contributed by atoms with van der Waals surface area (Å²) >= 11 is 1.23. The van der Waals surface area contributed by atoms with E-state index in [1.807, 2.05) is 6.92 Å². The highest BCUT2D eigenvalue weighted by molar-refractivity contribution is 7.91. The number of hydrogen-bond donors (Lipinski definition) is 1. The van der Waals surface area contributed by atoms with E-state index in [-0.39, 0.29) is 0 Å². The predicted molar refractivity (Wildman–Crippen MR) is 49.8 cm³/mol. The summed E-state index contributed by atoms with van der Waals surface area (Å²) in [7, 11) is -3.21. The molecular formula is C7H11NO2S2. The first kappa shape index (κ1) is 9.70. The predicted octanol–water partition coefficient (Wildman–Crippen LogP) is 1.44. The van der Waals surface area contributed by atoms with Crippen LogP contribution in [0.3, 0.4) is 0 Å². The summed E-state index contributed by atoms with van der Waals surface area (Å²) in [4.78, 5) is 0. The highest BCUT2D eigenvalue weighted by Crippen LogP contribution is 2.14. The average molecular weight is 205 g/mol. The lowest BCUT2D eigenvalue weighted by molar-refractivity contribution is 0.583. The largest absolute Gasteiger partial charge is 0.250 e. The van der Waals surface area contributed by atoms with Gasteiger partial charge in [0, 0.05) is 6.54 Å². The molecule has 0 fully saturated rings. The van der Waals surface area contributed by atoms with Gasteiger partial charge in [0.25, 0.3) is 0 Å². The van der Waals surface area contributed by atoms with E-state index >= 15 is 0 Å². The molecule has 68 valence electrons. The van der Waals surface area contributed by atoms with E-state index in [2.05, 4.69) is 4.72 Å². The molecule has 0 saturated heterocycles. The van der Waals surface area contributed by atoms with Gasteiger partial charge in [-0.1, -0.05) is 13.0 Å². The van der Waals surface area contributed by atoms with Crippen molar-refractivity contribution in [2.75, 3.05) is 6.54 Å². The Morgan fingerprint density at radius 3 is 2.83 bits per heavy atom. The van der Waals surface area contributed by atoms with E-state index in [0.29, 0.717) is 10.8 Å². The molecule has 1 N–H and O–H groups in total. The summed E-state index contributed by atoms with van der Waals surface area (Å²) in [5.41, 5.74) is 0. The summed E-state index contributed by atoms with van der Waals surface area (Å²) in [5, 5.41) is 1.75. The van der Waals surface area contributed by atoms with E-state index in [1.165, 1.54) is 11.3 Å². The number of rotatable bonds is 4. The number of hydrogen-bond acceptors (Lipinski definition) is 3.